The summed E-state index contributed by atoms with van der Waals surface area (Å²) >= 11 is 0. The van der Waals surface area contributed by atoms with Gasteiger partial charge in [0.25, 0.3) is 5.91 Å². The van der Waals surface area contributed by atoms with Gasteiger partial charge in [-0.2, -0.15) is 0 Å². The van der Waals surface area contributed by atoms with Gasteiger partial charge < -0.3 is 19.5 Å². The Morgan fingerprint density at radius 2 is 1.83 bits per heavy atom. The zero-order valence-electron chi connectivity index (χ0n) is 16.8. The summed E-state index contributed by atoms with van der Waals surface area (Å²) in [6.45, 7) is 2.84. The molecule has 2 N–H and O–H groups in total. The highest BCUT2D eigenvalue weighted by molar-refractivity contribution is 7.89. The van der Waals surface area contributed by atoms with Gasteiger partial charge in [-0.25, -0.2) is 13.1 Å². The normalized spacial score (nSPS) is 16.6. The Labute approximate surface area is 175 Å². The number of hydrogen-bond acceptors (Lipinski definition) is 6. The van der Waals surface area contributed by atoms with Crippen molar-refractivity contribution in [2.24, 2.45) is 0 Å². The highest BCUT2D eigenvalue weighted by atomic mass is 32.2. The van der Waals surface area contributed by atoms with E-state index in [4.69, 9.17) is 14.2 Å². The Hall–Kier alpha value is -2.78. The smallest absolute Gasteiger partial charge is 0.251 e. The monoisotopic (exact) mass is 432 g/mol. The van der Waals surface area contributed by atoms with E-state index in [1.165, 1.54) is 19.2 Å². The molecule has 0 spiro atoms. The van der Waals surface area contributed by atoms with Crippen molar-refractivity contribution in [3.63, 3.8) is 0 Å². The van der Waals surface area contributed by atoms with Crippen LogP contribution in [0.4, 0.5) is 0 Å². The molecule has 9 heteroatoms. The lowest BCUT2D eigenvalue weighted by Crippen LogP contribution is -2.28. The number of rotatable bonds is 7. The van der Waals surface area contributed by atoms with E-state index in [1.54, 1.807) is 6.07 Å². The Balaban J connectivity index is 1.53. The standard InChI is InChI=1S/C21H24N2O6S/c1-13(14-3-7-17-19(11-14)29-10-9-28-17)22-21(24)15-4-8-18(27-2)20(12-15)30(25,26)23-16-5-6-16/h3-4,7-8,11-13,16,23H,5-6,9-10H2,1-2H3,(H,22,24). The van der Waals surface area contributed by atoms with Gasteiger partial charge in [0.1, 0.15) is 23.9 Å². The zero-order valence-corrected chi connectivity index (χ0v) is 17.6. The van der Waals surface area contributed by atoms with E-state index in [2.05, 4.69) is 10.0 Å². The van der Waals surface area contributed by atoms with Crippen molar-refractivity contribution in [3.8, 4) is 17.2 Å². The van der Waals surface area contributed by atoms with Crippen molar-refractivity contribution >= 4 is 15.9 Å². The van der Waals surface area contributed by atoms with E-state index in [1.807, 2.05) is 25.1 Å². The molecule has 1 fully saturated rings. The van der Waals surface area contributed by atoms with Crippen LogP contribution in [0.5, 0.6) is 17.2 Å². The summed E-state index contributed by atoms with van der Waals surface area (Å²) < 4.78 is 44.3. The van der Waals surface area contributed by atoms with Crippen LogP contribution >= 0.6 is 0 Å². The molecule has 30 heavy (non-hydrogen) atoms. The molecule has 1 aliphatic carbocycles. The number of fused-ring (bicyclic) bond motifs is 1. The number of carbonyl (C=O) groups excluding carboxylic acids is 1. The van der Waals surface area contributed by atoms with Gasteiger partial charge in [0.2, 0.25) is 10.0 Å². The van der Waals surface area contributed by atoms with Crippen LogP contribution < -0.4 is 24.2 Å². The Bertz CT molecular complexity index is 1070. The summed E-state index contributed by atoms with van der Waals surface area (Å²) in [5.74, 6) is 1.13. The van der Waals surface area contributed by atoms with E-state index in [9.17, 15) is 13.2 Å². The van der Waals surface area contributed by atoms with E-state index in [-0.39, 0.29) is 34.2 Å². The SMILES string of the molecule is COc1ccc(C(=O)NC(C)c2ccc3c(c2)OCCO3)cc1S(=O)(=O)NC1CC1. The third-order valence-electron chi connectivity index (χ3n) is 5.03. The van der Waals surface area contributed by atoms with Crippen LogP contribution in [-0.4, -0.2) is 40.7 Å². The molecular weight excluding hydrogens is 408 g/mol. The van der Waals surface area contributed by atoms with Gasteiger partial charge >= 0.3 is 0 Å². The second-order valence-electron chi connectivity index (χ2n) is 7.36. The highest BCUT2D eigenvalue weighted by Gasteiger charge is 2.30. The number of ether oxygens (including phenoxy) is 3. The van der Waals surface area contributed by atoms with Crippen LogP contribution in [0.3, 0.4) is 0 Å². The number of amides is 1. The largest absolute Gasteiger partial charge is 0.495 e. The summed E-state index contributed by atoms with van der Waals surface area (Å²) in [4.78, 5) is 12.8. The molecule has 1 unspecified atom stereocenters. The summed E-state index contributed by atoms with van der Waals surface area (Å²) in [6, 6.07) is 9.52. The van der Waals surface area contributed by atoms with Crippen molar-refractivity contribution in [2.75, 3.05) is 20.3 Å². The molecule has 1 aliphatic heterocycles. The molecule has 4 rings (SSSR count). The molecule has 0 bridgehead atoms. The summed E-state index contributed by atoms with van der Waals surface area (Å²) in [6.07, 6.45) is 1.63. The fraction of sp³-hybridized carbons (Fsp3) is 0.381. The first-order valence-corrected chi connectivity index (χ1v) is 11.3. The third-order valence-corrected chi connectivity index (χ3v) is 6.57. The molecular formula is C21H24N2O6S. The minimum atomic E-state index is -3.77. The molecule has 0 saturated heterocycles. The molecule has 1 saturated carbocycles. The van der Waals surface area contributed by atoms with Gasteiger partial charge in [0.05, 0.1) is 13.2 Å². The lowest BCUT2D eigenvalue weighted by Gasteiger charge is -2.21. The molecule has 2 aliphatic rings. The van der Waals surface area contributed by atoms with Crippen molar-refractivity contribution in [2.45, 2.75) is 36.7 Å². The van der Waals surface area contributed by atoms with Gasteiger partial charge in [-0.15, -0.1) is 0 Å². The molecule has 160 valence electrons. The second-order valence-corrected chi connectivity index (χ2v) is 9.04. The average molecular weight is 432 g/mol. The topological polar surface area (TPSA) is 103 Å². The summed E-state index contributed by atoms with van der Waals surface area (Å²) in [7, 11) is -2.37. The average Bonchev–Trinajstić information content (AvgIpc) is 3.56. The molecule has 0 aromatic heterocycles. The second kappa shape index (κ2) is 8.16. The molecule has 8 nitrogen and oxygen atoms in total. The van der Waals surface area contributed by atoms with Gasteiger partial charge in [-0.05, 0) is 55.7 Å². The number of hydrogen-bond donors (Lipinski definition) is 2. The maximum absolute atomic E-state index is 12.8. The van der Waals surface area contributed by atoms with Crippen molar-refractivity contribution in [1.82, 2.24) is 10.0 Å². The van der Waals surface area contributed by atoms with E-state index >= 15 is 0 Å². The quantitative estimate of drug-likeness (QED) is 0.697. The molecule has 0 radical (unpaired) electrons. The van der Waals surface area contributed by atoms with Crippen LogP contribution in [0.25, 0.3) is 0 Å². The minimum Gasteiger partial charge on any atom is -0.495 e. The van der Waals surface area contributed by atoms with E-state index in [0.29, 0.717) is 24.7 Å². The maximum atomic E-state index is 12.8. The lowest BCUT2D eigenvalue weighted by atomic mass is 10.1. The van der Waals surface area contributed by atoms with E-state index in [0.717, 1.165) is 18.4 Å². The number of sulfonamides is 1. The molecule has 1 atom stereocenters. The van der Waals surface area contributed by atoms with Gasteiger partial charge in [0, 0.05) is 11.6 Å². The fourth-order valence-electron chi connectivity index (χ4n) is 3.20. The first-order valence-electron chi connectivity index (χ1n) is 9.78. The van der Waals surface area contributed by atoms with Crippen molar-refractivity contribution in [3.05, 3.63) is 47.5 Å². The summed E-state index contributed by atoms with van der Waals surface area (Å²) in [5.41, 5.74) is 1.08. The number of nitrogens with one attached hydrogen (secondary N) is 2. The van der Waals surface area contributed by atoms with Crippen LogP contribution in [0.2, 0.25) is 0 Å². The van der Waals surface area contributed by atoms with Crippen molar-refractivity contribution in [1.29, 1.82) is 0 Å². The van der Waals surface area contributed by atoms with E-state index < -0.39 is 10.0 Å². The first kappa shape index (κ1) is 20.5. The van der Waals surface area contributed by atoms with Crippen LogP contribution in [0.15, 0.2) is 41.3 Å². The molecule has 2 aromatic rings. The Morgan fingerprint density at radius 3 is 2.53 bits per heavy atom. The summed E-state index contributed by atoms with van der Waals surface area (Å²) in [5, 5.41) is 2.90. The predicted molar refractivity (Wildman–Crippen MR) is 110 cm³/mol. The molecule has 1 amide bonds. The first-order chi connectivity index (χ1) is 14.4. The van der Waals surface area contributed by atoms with Crippen LogP contribution in [0.1, 0.15) is 41.7 Å². The minimum absolute atomic E-state index is 0.0449. The molecule has 1 heterocycles. The van der Waals surface area contributed by atoms with Crippen LogP contribution in [-0.2, 0) is 10.0 Å². The van der Waals surface area contributed by atoms with Gasteiger partial charge in [0.15, 0.2) is 11.5 Å². The number of benzene rings is 2. The molecule has 2 aromatic carbocycles. The highest BCUT2D eigenvalue weighted by Crippen LogP contribution is 2.33. The number of methoxy groups -OCH3 is 1. The number of carbonyl (C=O) groups is 1. The van der Waals surface area contributed by atoms with Gasteiger partial charge in [-0.1, -0.05) is 6.07 Å². The predicted octanol–water partition coefficient (Wildman–Crippen LogP) is 2.40. The van der Waals surface area contributed by atoms with Crippen LogP contribution in [0, 0.1) is 0 Å². The maximum Gasteiger partial charge on any atom is 0.251 e. The Morgan fingerprint density at radius 1 is 1.10 bits per heavy atom. The van der Waals surface area contributed by atoms with Gasteiger partial charge in [-0.3, -0.25) is 4.79 Å². The zero-order chi connectivity index (χ0) is 21.3. The van der Waals surface area contributed by atoms with Crippen molar-refractivity contribution < 1.29 is 27.4 Å². The Kier molecular flexibility index (Phi) is 5.57. The fourth-order valence-corrected chi connectivity index (χ4v) is 4.70. The lowest BCUT2D eigenvalue weighted by molar-refractivity contribution is 0.0939. The third kappa shape index (κ3) is 4.36.